The average Bonchev–Trinajstić information content (AvgIpc) is 2.97. The summed E-state index contributed by atoms with van der Waals surface area (Å²) in [5.41, 5.74) is 6.86. The topological polar surface area (TPSA) is 87.7 Å². The fraction of sp³-hybridized carbons (Fsp3) is 0.500. The highest BCUT2D eigenvalue weighted by Gasteiger charge is 2.45. The molecule has 114 valence electrons. The molecular weight excluding hydrogens is 266 g/mol. The fourth-order valence-electron chi connectivity index (χ4n) is 2.88. The summed E-state index contributed by atoms with van der Waals surface area (Å²) in [5, 5.41) is 14.9. The number of carbonyl (C=O) groups excluding carboxylic acids is 1. The van der Waals surface area contributed by atoms with Gasteiger partial charge in [0.25, 0.3) is 0 Å². The largest absolute Gasteiger partial charge is 0.409 e. The Morgan fingerprint density at radius 1 is 1.29 bits per heavy atom. The van der Waals surface area contributed by atoms with Crippen molar-refractivity contribution in [3.8, 4) is 0 Å². The summed E-state index contributed by atoms with van der Waals surface area (Å²) in [4.78, 5) is 12.6. The van der Waals surface area contributed by atoms with E-state index in [4.69, 9.17) is 10.9 Å². The Bertz CT molecular complexity index is 529. The van der Waals surface area contributed by atoms with E-state index in [1.807, 2.05) is 24.3 Å². The molecule has 21 heavy (non-hydrogen) atoms. The molecule has 0 heterocycles. The van der Waals surface area contributed by atoms with Crippen molar-refractivity contribution in [3.05, 3.63) is 29.8 Å². The molecule has 0 spiro atoms. The quantitative estimate of drug-likeness (QED) is 0.344. The number of nitrogens with one attached hydrogen (secondary N) is 1. The van der Waals surface area contributed by atoms with Crippen LogP contribution in [0, 0.1) is 5.41 Å². The van der Waals surface area contributed by atoms with Crippen LogP contribution in [0.25, 0.3) is 0 Å². The zero-order valence-corrected chi connectivity index (χ0v) is 12.6. The molecule has 5 nitrogen and oxygen atoms in total. The Labute approximate surface area is 125 Å². The molecule has 1 aromatic rings. The fourth-order valence-corrected chi connectivity index (χ4v) is 2.88. The van der Waals surface area contributed by atoms with Crippen LogP contribution in [-0.4, -0.2) is 17.0 Å². The second-order valence-electron chi connectivity index (χ2n) is 6.01. The van der Waals surface area contributed by atoms with E-state index in [1.165, 1.54) is 5.56 Å². The number of rotatable bonds is 4. The van der Waals surface area contributed by atoms with Gasteiger partial charge in [0.2, 0.25) is 5.91 Å². The van der Waals surface area contributed by atoms with Crippen LogP contribution in [0.3, 0.4) is 0 Å². The molecular formula is C16H23N3O2. The Hall–Kier alpha value is -2.04. The Morgan fingerprint density at radius 3 is 2.33 bits per heavy atom. The van der Waals surface area contributed by atoms with Gasteiger partial charge >= 0.3 is 0 Å². The summed E-state index contributed by atoms with van der Waals surface area (Å²) >= 11 is 0. The van der Waals surface area contributed by atoms with E-state index in [9.17, 15) is 4.79 Å². The molecule has 0 aromatic heterocycles. The van der Waals surface area contributed by atoms with Crippen molar-refractivity contribution in [2.75, 3.05) is 5.32 Å². The highest BCUT2D eigenvalue weighted by Crippen LogP contribution is 2.39. The molecule has 1 fully saturated rings. The van der Waals surface area contributed by atoms with E-state index >= 15 is 0 Å². The lowest BCUT2D eigenvalue weighted by atomic mass is 9.83. The van der Waals surface area contributed by atoms with Gasteiger partial charge in [0.05, 0.1) is 0 Å². The Morgan fingerprint density at radius 2 is 1.86 bits per heavy atom. The lowest BCUT2D eigenvalue weighted by Gasteiger charge is -2.26. The average molecular weight is 289 g/mol. The first-order valence-electron chi connectivity index (χ1n) is 7.39. The minimum atomic E-state index is -0.870. The van der Waals surface area contributed by atoms with E-state index in [1.54, 1.807) is 0 Å². The van der Waals surface area contributed by atoms with Gasteiger partial charge in [0.1, 0.15) is 5.41 Å². The highest BCUT2D eigenvalue weighted by molar-refractivity contribution is 6.12. The minimum absolute atomic E-state index is 0.0105. The van der Waals surface area contributed by atoms with Gasteiger partial charge in [-0.05, 0) is 36.5 Å². The number of nitrogens with two attached hydrogens (primary N) is 1. The van der Waals surface area contributed by atoms with Crippen molar-refractivity contribution in [2.24, 2.45) is 16.3 Å². The molecule has 1 aromatic carbocycles. The third-order valence-electron chi connectivity index (χ3n) is 4.33. The van der Waals surface area contributed by atoms with Gasteiger partial charge < -0.3 is 16.3 Å². The molecule has 0 unspecified atom stereocenters. The third-order valence-corrected chi connectivity index (χ3v) is 4.33. The zero-order valence-electron chi connectivity index (χ0n) is 12.6. The summed E-state index contributed by atoms with van der Waals surface area (Å²) < 4.78 is 0. The predicted octanol–water partition coefficient (Wildman–Crippen LogP) is 3.06. The van der Waals surface area contributed by atoms with E-state index in [-0.39, 0.29) is 11.7 Å². The van der Waals surface area contributed by atoms with E-state index in [2.05, 4.69) is 24.3 Å². The monoisotopic (exact) mass is 289 g/mol. The van der Waals surface area contributed by atoms with Gasteiger partial charge in [0.15, 0.2) is 5.84 Å². The van der Waals surface area contributed by atoms with Crippen LogP contribution in [0.5, 0.6) is 0 Å². The summed E-state index contributed by atoms with van der Waals surface area (Å²) in [6.45, 7) is 4.25. The first kappa shape index (κ1) is 15.4. The van der Waals surface area contributed by atoms with E-state index < -0.39 is 5.41 Å². The normalized spacial score (nSPS) is 18.0. The number of nitrogens with zero attached hydrogens (tertiary/aromatic N) is 1. The van der Waals surface area contributed by atoms with E-state index in [0.29, 0.717) is 18.8 Å². The SMILES string of the molecule is CC(C)c1ccc(NC(=O)C2(C(N)=NO)CCCC2)cc1. The number of hydrogen-bond acceptors (Lipinski definition) is 3. The maximum absolute atomic E-state index is 12.6. The van der Waals surface area contributed by atoms with Crippen LogP contribution in [0.4, 0.5) is 5.69 Å². The summed E-state index contributed by atoms with van der Waals surface area (Å²) in [5.74, 6) is 0.275. The molecule has 2 rings (SSSR count). The molecule has 0 radical (unpaired) electrons. The van der Waals surface area contributed by atoms with Crippen molar-refractivity contribution in [1.29, 1.82) is 0 Å². The summed E-state index contributed by atoms with van der Waals surface area (Å²) in [7, 11) is 0. The third kappa shape index (κ3) is 3.01. The zero-order chi connectivity index (χ0) is 15.5. The van der Waals surface area contributed by atoms with Crippen LogP contribution >= 0.6 is 0 Å². The summed E-state index contributed by atoms with van der Waals surface area (Å²) in [6.07, 6.45) is 3.07. The van der Waals surface area contributed by atoms with Gasteiger partial charge in [0, 0.05) is 5.69 Å². The first-order chi connectivity index (χ1) is 9.99. The van der Waals surface area contributed by atoms with Gasteiger partial charge in [-0.15, -0.1) is 0 Å². The summed E-state index contributed by atoms with van der Waals surface area (Å²) in [6, 6.07) is 7.79. The van der Waals surface area contributed by atoms with Crippen LogP contribution in [0.2, 0.25) is 0 Å². The Kier molecular flexibility index (Phi) is 4.50. The standard InChI is InChI=1S/C16H23N3O2/c1-11(2)12-5-7-13(8-6-12)18-15(20)16(14(17)19-21)9-3-4-10-16/h5-8,11,21H,3-4,9-10H2,1-2H3,(H2,17,19)(H,18,20). The minimum Gasteiger partial charge on any atom is -0.409 e. The number of amides is 1. The molecule has 1 saturated carbocycles. The maximum Gasteiger partial charge on any atom is 0.238 e. The first-order valence-corrected chi connectivity index (χ1v) is 7.39. The van der Waals surface area contributed by atoms with Gasteiger partial charge in [-0.1, -0.05) is 44.0 Å². The molecule has 4 N–H and O–H groups in total. The Balaban J connectivity index is 2.16. The van der Waals surface area contributed by atoms with Crippen molar-refractivity contribution in [3.63, 3.8) is 0 Å². The molecule has 0 saturated heterocycles. The van der Waals surface area contributed by atoms with Crippen LogP contribution in [-0.2, 0) is 4.79 Å². The van der Waals surface area contributed by atoms with Crippen molar-refractivity contribution in [2.45, 2.75) is 45.4 Å². The maximum atomic E-state index is 12.6. The second kappa shape index (κ2) is 6.16. The van der Waals surface area contributed by atoms with Crippen molar-refractivity contribution < 1.29 is 10.0 Å². The second-order valence-corrected chi connectivity index (χ2v) is 6.01. The number of benzene rings is 1. The lowest BCUT2D eigenvalue weighted by molar-refractivity contribution is -0.122. The van der Waals surface area contributed by atoms with Crippen LogP contribution < -0.4 is 11.1 Å². The number of anilines is 1. The molecule has 5 heteroatoms. The van der Waals surface area contributed by atoms with E-state index in [0.717, 1.165) is 18.5 Å². The number of hydrogen-bond donors (Lipinski definition) is 3. The molecule has 0 atom stereocenters. The van der Waals surface area contributed by atoms with Gasteiger partial charge in [-0.25, -0.2) is 0 Å². The highest BCUT2D eigenvalue weighted by atomic mass is 16.4. The van der Waals surface area contributed by atoms with Crippen LogP contribution in [0.1, 0.15) is 51.0 Å². The van der Waals surface area contributed by atoms with Crippen LogP contribution in [0.15, 0.2) is 29.4 Å². The number of carbonyl (C=O) groups is 1. The lowest BCUT2D eigenvalue weighted by Crippen LogP contribution is -2.45. The molecule has 1 amide bonds. The van der Waals surface area contributed by atoms with Crippen molar-refractivity contribution in [1.82, 2.24) is 0 Å². The molecule has 1 aliphatic rings. The van der Waals surface area contributed by atoms with Crippen molar-refractivity contribution >= 4 is 17.4 Å². The number of oxime groups is 1. The molecule has 1 aliphatic carbocycles. The predicted molar refractivity (Wildman–Crippen MR) is 83.5 cm³/mol. The van der Waals surface area contributed by atoms with Gasteiger partial charge in [-0.3, -0.25) is 4.79 Å². The number of amidine groups is 1. The molecule has 0 bridgehead atoms. The molecule has 0 aliphatic heterocycles. The smallest absolute Gasteiger partial charge is 0.238 e. The van der Waals surface area contributed by atoms with Gasteiger partial charge in [-0.2, -0.15) is 0 Å².